The van der Waals surface area contributed by atoms with E-state index in [-0.39, 0.29) is 5.57 Å². The van der Waals surface area contributed by atoms with E-state index in [0.29, 0.717) is 5.56 Å². The molecule has 0 fully saturated rings. The number of nitriles is 1. The summed E-state index contributed by atoms with van der Waals surface area (Å²) in [6.07, 6.45) is 1.51. The van der Waals surface area contributed by atoms with E-state index in [9.17, 15) is 15.2 Å². The van der Waals surface area contributed by atoms with Gasteiger partial charge in [-0.15, -0.1) is 22.7 Å². The first-order valence-corrected chi connectivity index (χ1v) is 29.5. The van der Waals surface area contributed by atoms with Gasteiger partial charge in [-0.1, -0.05) is 158 Å². The van der Waals surface area contributed by atoms with Crippen molar-refractivity contribution in [3.63, 3.8) is 0 Å². The molecule has 0 saturated heterocycles. The van der Waals surface area contributed by atoms with Crippen LogP contribution in [0.4, 0.5) is 51.2 Å². The van der Waals surface area contributed by atoms with E-state index in [0.717, 1.165) is 110 Å². The number of carboxylic acid groups (broad SMARTS) is 1. The lowest BCUT2D eigenvalue weighted by molar-refractivity contribution is -0.132. The van der Waals surface area contributed by atoms with E-state index in [4.69, 9.17) is 0 Å². The zero-order chi connectivity index (χ0) is 57.5. The van der Waals surface area contributed by atoms with Gasteiger partial charge in [0, 0.05) is 72.2 Å². The molecular formula is C76H53N5O2S2. The molecule has 3 aromatic heterocycles. The minimum Gasteiger partial charge on any atom is -0.477 e. The molecule has 0 spiro atoms. The number of rotatable bonds is 17. The van der Waals surface area contributed by atoms with Crippen LogP contribution < -0.4 is 14.7 Å². The van der Waals surface area contributed by atoms with Crippen LogP contribution in [0.1, 0.15) is 5.56 Å². The molecule has 0 radical (unpaired) electrons. The van der Waals surface area contributed by atoms with Gasteiger partial charge in [-0.3, -0.25) is 0 Å². The van der Waals surface area contributed by atoms with Gasteiger partial charge < -0.3 is 24.4 Å². The number of carboxylic acids is 1. The molecule has 0 saturated carbocycles. The molecule has 0 bridgehead atoms. The Kier molecular flexibility index (Phi) is 15.2. The average Bonchev–Trinajstić information content (AvgIpc) is 2.78. The van der Waals surface area contributed by atoms with Crippen molar-refractivity contribution in [2.75, 3.05) is 14.7 Å². The Labute approximate surface area is 502 Å². The number of nitrogens with zero attached hydrogens (tertiary/aromatic N) is 5. The van der Waals surface area contributed by atoms with Crippen molar-refractivity contribution in [2.45, 2.75) is 0 Å². The van der Waals surface area contributed by atoms with Gasteiger partial charge in [0.2, 0.25) is 0 Å². The van der Waals surface area contributed by atoms with E-state index < -0.39 is 5.97 Å². The quantitative estimate of drug-likeness (QED) is 0.0723. The van der Waals surface area contributed by atoms with Crippen molar-refractivity contribution >= 4 is 85.9 Å². The van der Waals surface area contributed by atoms with E-state index in [1.54, 1.807) is 22.7 Å². The standard InChI is InChI=1S/C76H53N5O2S2/c77-53-59(76(82)83)51-58-52-70(73-49-47-71(84-73)56-35-43-67(44-36-56)79(62-23-11-3-12-24-62)63-25-13-4-14-26-63)81(69-41-33-55(34-42-69)54-31-39-66(40-32-54)78(60-19-7-1-8-20-60)61-21-9-2-10-22-61)75(58)74-50-48-72(85-74)57-37-45-68(46-38-57)80(64-27-15-5-16-28-64)65-29-17-6-18-30-65/h1-52H,(H,82,83)/b59-51+. The van der Waals surface area contributed by atoms with Crippen LogP contribution in [0.3, 0.4) is 0 Å². The molecule has 1 N–H and O–H groups in total. The SMILES string of the molecule is N#C/C(=C\c1cc(-c2ccc(-c3ccc(N(c4ccccc4)c4ccccc4)cc3)s2)n(-c2ccc(-c3ccc(N(c4ccccc4)c4ccccc4)cc3)cc2)c1-c1ccc(-c2ccc(N(c3ccccc3)c3ccccc3)cc2)s1)C(=O)O. The zero-order valence-electron chi connectivity index (χ0n) is 45.9. The first-order valence-electron chi connectivity index (χ1n) is 27.9. The molecule has 0 unspecified atom stereocenters. The number of carbonyl (C=O) groups is 1. The van der Waals surface area contributed by atoms with Gasteiger partial charge >= 0.3 is 5.97 Å². The van der Waals surface area contributed by atoms with Crippen molar-refractivity contribution in [1.82, 2.24) is 4.57 Å². The van der Waals surface area contributed by atoms with Crippen LogP contribution in [-0.4, -0.2) is 15.6 Å². The zero-order valence-corrected chi connectivity index (χ0v) is 47.6. The Bertz CT molecular complexity index is 4350. The van der Waals surface area contributed by atoms with E-state index in [2.05, 4.69) is 286 Å². The predicted molar refractivity (Wildman–Crippen MR) is 354 cm³/mol. The third-order valence-electron chi connectivity index (χ3n) is 14.9. The fourth-order valence-corrected chi connectivity index (χ4v) is 12.9. The van der Waals surface area contributed by atoms with Crippen LogP contribution in [0.2, 0.25) is 0 Å². The number of anilines is 9. The molecule has 10 aromatic carbocycles. The van der Waals surface area contributed by atoms with Crippen molar-refractivity contribution in [3.8, 4) is 64.9 Å². The van der Waals surface area contributed by atoms with E-state index >= 15 is 0 Å². The molecule has 0 aliphatic carbocycles. The van der Waals surface area contributed by atoms with E-state index in [1.807, 2.05) is 48.5 Å². The molecule has 85 heavy (non-hydrogen) atoms. The topological polar surface area (TPSA) is 75.7 Å². The molecule has 406 valence electrons. The lowest BCUT2D eigenvalue weighted by Gasteiger charge is -2.25. The Morgan fingerprint density at radius 1 is 0.365 bits per heavy atom. The maximum Gasteiger partial charge on any atom is 0.346 e. The number of benzene rings is 10. The lowest BCUT2D eigenvalue weighted by atomic mass is 10.0. The predicted octanol–water partition coefficient (Wildman–Crippen LogP) is 21.3. The minimum atomic E-state index is -1.29. The first-order chi connectivity index (χ1) is 41.9. The van der Waals surface area contributed by atoms with Gasteiger partial charge in [-0.05, 0) is 180 Å². The Morgan fingerprint density at radius 2 is 0.659 bits per heavy atom. The van der Waals surface area contributed by atoms with Gasteiger partial charge in [0.05, 0.1) is 21.1 Å². The second kappa shape index (κ2) is 24.2. The maximum absolute atomic E-state index is 12.7. The number of hydrogen-bond donors (Lipinski definition) is 1. The van der Waals surface area contributed by atoms with Crippen molar-refractivity contribution in [3.05, 3.63) is 321 Å². The molecule has 9 heteroatoms. The number of thiophene rings is 2. The summed E-state index contributed by atoms with van der Waals surface area (Å²) in [4.78, 5) is 23.5. The summed E-state index contributed by atoms with van der Waals surface area (Å²) in [5.41, 5.74) is 16.4. The van der Waals surface area contributed by atoms with Gasteiger partial charge in [0.25, 0.3) is 0 Å². The van der Waals surface area contributed by atoms with Crippen molar-refractivity contribution in [1.29, 1.82) is 5.26 Å². The van der Waals surface area contributed by atoms with Gasteiger partial charge in [0.1, 0.15) is 11.6 Å². The summed E-state index contributed by atoms with van der Waals surface area (Å²) < 4.78 is 2.22. The summed E-state index contributed by atoms with van der Waals surface area (Å²) in [5.74, 6) is -1.29. The van der Waals surface area contributed by atoms with Crippen LogP contribution in [0.25, 0.3) is 64.9 Å². The molecular weight excluding hydrogens is 1080 g/mol. The summed E-state index contributed by atoms with van der Waals surface area (Å²) in [5, 5.41) is 20.7. The highest BCUT2D eigenvalue weighted by atomic mass is 32.1. The minimum absolute atomic E-state index is 0.359. The highest BCUT2D eigenvalue weighted by molar-refractivity contribution is 7.19. The van der Waals surface area contributed by atoms with Crippen molar-refractivity contribution < 1.29 is 9.90 Å². The highest BCUT2D eigenvalue weighted by Gasteiger charge is 2.24. The molecule has 3 heterocycles. The molecule has 13 aromatic rings. The molecule has 0 aliphatic heterocycles. The molecule has 0 amide bonds. The Balaban J connectivity index is 0.904. The summed E-state index contributed by atoms with van der Waals surface area (Å²) in [6, 6.07) is 109. The van der Waals surface area contributed by atoms with Crippen LogP contribution in [0.5, 0.6) is 0 Å². The fraction of sp³-hybridized carbons (Fsp3) is 0. The lowest BCUT2D eigenvalue weighted by Crippen LogP contribution is -2.09. The Hall–Kier alpha value is -11.0. The number of aliphatic carboxylic acids is 1. The monoisotopic (exact) mass is 1130 g/mol. The second-order valence-electron chi connectivity index (χ2n) is 20.2. The van der Waals surface area contributed by atoms with Gasteiger partial charge in [-0.2, -0.15) is 5.26 Å². The summed E-state index contributed by atoms with van der Waals surface area (Å²) >= 11 is 3.29. The van der Waals surface area contributed by atoms with E-state index in [1.165, 1.54) is 6.08 Å². The van der Waals surface area contributed by atoms with Crippen LogP contribution >= 0.6 is 22.7 Å². The smallest absolute Gasteiger partial charge is 0.346 e. The molecule has 0 atom stereocenters. The van der Waals surface area contributed by atoms with Crippen LogP contribution in [0.15, 0.2) is 315 Å². The average molecular weight is 1130 g/mol. The summed E-state index contributed by atoms with van der Waals surface area (Å²) in [7, 11) is 0. The number of hydrogen-bond acceptors (Lipinski definition) is 7. The third-order valence-corrected chi connectivity index (χ3v) is 17.2. The van der Waals surface area contributed by atoms with Crippen molar-refractivity contribution in [2.24, 2.45) is 0 Å². The Morgan fingerprint density at radius 3 is 1.00 bits per heavy atom. The van der Waals surface area contributed by atoms with Crippen LogP contribution in [0, 0.1) is 11.3 Å². The summed E-state index contributed by atoms with van der Waals surface area (Å²) in [6.45, 7) is 0. The molecule has 7 nitrogen and oxygen atoms in total. The first kappa shape index (κ1) is 53.3. The maximum atomic E-state index is 12.7. The number of aromatic nitrogens is 1. The molecule has 0 aliphatic rings. The number of para-hydroxylation sites is 6. The second-order valence-corrected chi connectivity index (χ2v) is 22.3. The largest absolute Gasteiger partial charge is 0.477 e. The highest BCUT2D eigenvalue weighted by Crippen LogP contribution is 2.46. The molecule has 13 rings (SSSR count). The fourth-order valence-electron chi connectivity index (χ4n) is 10.8. The third kappa shape index (κ3) is 11.2. The van der Waals surface area contributed by atoms with Crippen LogP contribution in [-0.2, 0) is 4.79 Å². The van der Waals surface area contributed by atoms with Gasteiger partial charge in [-0.25, -0.2) is 4.79 Å². The van der Waals surface area contributed by atoms with Gasteiger partial charge in [0.15, 0.2) is 0 Å². The normalized spacial score (nSPS) is 11.2.